The second-order valence-corrected chi connectivity index (χ2v) is 7.38. The van der Waals surface area contributed by atoms with Crippen LogP contribution in [0.3, 0.4) is 0 Å². The van der Waals surface area contributed by atoms with Crippen LogP contribution in [0.1, 0.15) is 35.2 Å². The lowest BCUT2D eigenvalue weighted by Crippen LogP contribution is -2.55. The zero-order chi connectivity index (χ0) is 18.5. The molecule has 0 unspecified atom stereocenters. The van der Waals surface area contributed by atoms with Crippen molar-refractivity contribution < 1.29 is 19.7 Å². The first-order chi connectivity index (χ1) is 12.6. The highest BCUT2D eigenvalue weighted by Gasteiger charge is 2.35. The summed E-state index contributed by atoms with van der Waals surface area (Å²) in [4.78, 5) is 17.3. The summed E-state index contributed by atoms with van der Waals surface area (Å²) >= 11 is 0. The predicted octanol–water partition coefficient (Wildman–Crippen LogP) is 1.64. The van der Waals surface area contributed by atoms with Gasteiger partial charge in [0.05, 0.1) is 13.2 Å². The number of benzene rings is 1. The first-order valence-electron chi connectivity index (χ1n) is 9.61. The lowest BCUT2D eigenvalue weighted by molar-refractivity contribution is -0.0196. The number of aryl methyl sites for hydroxylation is 1. The number of aliphatic hydroxyl groups excluding tert-OH is 1. The Bertz CT molecular complexity index is 616. The summed E-state index contributed by atoms with van der Waals surface area (Å²) in [5.41, 5.74) is 1.31. The molecule has 0 aromatic heterocycles. The van der Waals surface area contributed by atoms with Crippen molar-refractivity contribution in [2.45, 2.75) is 32.2 Å². The van der Waals surface area contributed by atoms with Gasteiger partial charge in [-0.15, -0.1) is 0 Å². The molecule has 6 nitrogen and oxygen atoms in total. The maximum Gasteiger partial charge on any atom is 0.253 e. The molecule has 0 spiro atoms. The normalized spacial score (nSPS) is 24.6. The standard InChI is InChI=1S/C20H30N2O4/c1-15-4-5-16(13-19(15)24)20(25)22-7-6-18(17(14-22)3-2-10-23)21-8-11-26-12-9-21/h4-5,13,17-18,23-24H,2-3,6-12,14H2,1H3/t17-,18+/m1/s1. The number of phenolic OH excluding ortho intramolecular Hbond substituents is 1. The number of hydrogen-bond donors (Lipinski definition) is 2. The van der Waals surface area contributed by atoms with Crippen molar-refractivity contribution in [3.8, 4) is 5.75 Å². The van der Waals surface area contributed by atoms with Gasteiger partial charge in [-0.25, -0.2) is 0 Å². The van der Waals surface area contributed by atoms with Crippen LogP contribution in [0.5, 0.6) is 5.75 Å². The molecule has 144 valence electrons. The zero-order valence-corrected chi connectivity index (χ0v) is 15.6. The minimum absolute atomic E-state index is 0.0188. The summed E-state index contributed by atoms with van der Waals surface area (Å²) < 4.78 is 5.48. The van der Waals surface area contributed by atoms with Crippen LogP contribution < -0.4 is 0 Å². The van der Waals surface area contributed by atoms with Gasteiger partial charge in [-0.3, -0.25) is 9.69 Å². The van der Waals surface area contributed by atoms with E-state index in [-0.39, 0.29) is 18.3 Å². The van der Waals surface area contributed by atoms with Gasteiger partial charge in [0, 0.05) is 44.4 Å². The van der Waals surface area contributed by atoms with Crippen molar-refractivity contribution in [1.82, 2.24) is 9.80 Å². The molecule has 2 heterocycles. The topological polar surface area (TPSA) is 73.2 Å². The molecule has 0 bridgehead atoms. The van der Waals surface area contributed by atoms with E-state index in [1.807, 2.05) is 11.8 Å². The molecule has 2 N–H and O–H groups in total. The summed E-state index contributed by atoms with van der Waals surface area (Å²) in [5, 5.41) is 19.2. The number of aromatic hydroxyl groups is 1. The molecule has 26 heavy (non-hydrogen) atoms. The van der Waals surface area contributed by atoms with E-state index in [2.05, 4.69) is 4.90 Å². The smallest absolute Gasteiger partial charge is 0.253 e. The van der Waals surface area contributed by atoms with Gasteiger partial charge in [-0.05, 0) is 49.8 Å². The Morgan fingerprint density at radius 2 is 2.04 bits per heavy atom. The van der Waals surface area contributed by atoms with Crippen molar-refractivity contribution in [2.24, 2.45) is 5.92 Å². The van der Waals surface area contributed by atoms with E-state index in [0.717, 1.165) is 57.7 Å². The average Bonchev–Trinajstić information content (AvgIpc) is 2.68. The van der Waals surface area contributed by atoms with E-state index in [1.54, 1.807) is 18.2 Å². The maximum absolute atomic E-state index is 12.9. The van der Waals surface area contributed by atoms with E-state index in [0.29, 0.717) is 24.1 Å². The van der Waals surface area contributed by atoms with Crippen LogP contribution >= 0.6 is 0 Å². The average molecular weight is 362 g/mol. The summed E-state index contributed by atoms with van der Waals surface area (Å²) in [5.74, 6) is 0.502. The summed E-state index contributed by atoms with van der Waals surface area (Å²) in [6.45, 7) is 6.87. The number of rotatable bonds is 5. The van der Waals surface area contributed by atoms with E-state index in [9.17, 15) is 15.0 Å². The third kappa shape index (κ3) is 4.37. The Balaban J connectivity index is 1.70. The van der Waals surface area contributed by atoms with Gasteiger partial charge in [0.15, 0.2) is 0 Å². The van der Waals surface area contributed by atoms with Gasteiger partial charge in [-0.1, -0.05) is 6.07 Å². The number of likely N-dealkylation sites (tertiary alicyclic amines) is 1. The number of hydrogen-bond acceptors (Lipinski definition) is 5. The van der Waals surface area contributed by atoms with Gasteiger partial charge in [0.25, 0.3) is 5.91 Å². The van der Waals surface area contributed by atoms with Crippen molar-refractivity contribution >= 4 is 5.91 Å². The molecule has 2 atom stereocenters. The molecule has 1 aromatic rings. The highest BCUT2D eigenvalue weighted by molar-refractivity contribution is 5.94. The first-order valence-corrected chi connectivity index (χ1v) is 9.61. The molecular formula is C20H30N2O4. The lowest BCUT2D eigenvalue weighted by atomic mass is 9.86. The summed E-state index contributed by atoms with van der Waals surface area (Å²) in [6.07, 6.45) is 2.62. The number of morpholine rings is 1. The molecule has 2 aliphatic heterocycles. The molecule has 1 aromatic carbocycles. The van der Waals surface area contributed by atoms with E-state index >= 15 is 0 Å². The van der Waals surface area contributed by atoms with Crippen LogP contribution in [0.2, 0.25) is 0 Å². The Morgan fingerprint density at radius 3 is 2.73 bits per heavy atom. The zero-order valence-electron chi connectivity index (χ0n) is 15.6. The molecule has 2 saturated heterocycles. The third-order valence-electron chi connectivity index (χ3n) is 5.68. The highest BCUT2D eigenvalue weighted by Crippen LogP contribution is 2.28. The Labute approximate surface area is 155 Å². The monoisotopic (exact) mass is 362 g/mol. The van der Waals surface area contributed by atoms with E-state index < -0.39 is 0 Å². The van der Waals surface area contributed by atoms with Crippen LogP contribution in [-0.4, -0.2) is 78.0 Å². The molecule has 6 heteroatoms. The Hall–Kier alpha value is -1.63. The molecule has 0 radical (unpaired) electrons. The Kier molecular flexibility index (Phi) is 6.51. The number of aliphatic hydroxyl groups is 1. The van der Waals surface area contributed by atoms with Crippen molar-refractivity contribution in [1.29, 1.82) is 0 Å². The van der Waals surface area contributed by atoms with Crippen molar-refractivity contribution in [3.63, 3.8) is 0 Å². The first kappa shape index (κ1) is 19.1. The second kappa shape index (κ2) is 8.84. The number of nitrogens with zero attached hydrogens (tertiary/aromatic N) is 2. The van der Waals surface area contributed by atoms with Crippen molar-refractivity contribution in [2.75, 3.05) is 46.0 Å². The second-order valence-electron chi connectivity index (χ2n) is 7.38. The van der Waals surface area contributed by atoms with Crippen LogP contribution in [0, 0.1) is 12.8 Å². The van der Waals surface area contributed by atoms with Crippen LogP contribution in [0.15, 0.2) is 18.2 Å². The summed E-state index contributed by atoms with van der Waals surface area (Å²) in [7, 11) is 0. The molecule has 1 amide bonds. The van der Waals surface area contributed by atoms with Crippen LogP contribution in [0.25, 0.3) is 0 Å². The highest BCUT2D eigenvalue weighted by atomic mass is 16.5. The van der Waals surface area contributed by atoms with Crippen LogP contribution in [-0.2, 0) is 4.74 Å². The number of carbonyl (C=O) groups is 1. The summed E-state index contributed by atoms with van der Waals surface area (Å²) in [6, 6.07) is 5.58. The molecule has 3 rings (SSSR count). The van der Waals surface area contributed by atoms with Gasteiger partial charge >= 0.3 is 0 Å². The minimum atomic E-state index is -0.0188. The molecule has 0 saturated carbocycles. The van der Waals surface area contributed by atoms with E-state index in [4.69, 9.17) is 4.74 Å². The number of phenols is 1. The SMILES string of the molecule is Cc1ccc(C(=O)N2CC[C@H](N3CCOCC3)[C@H](CCCO)C2)cc1O. The van der Waals surface area contributed by atoms with E-state index in [1.165, 1.54) is 0 Å². The largest absolute Gasteiger partial charge is 0.508 e. The molecular weight excluding hydrogens is 332 g/mol. The fourth-order valence-electron chi connectivity index (χ4n) is 4.16. The predicted molar refractivity (Wildman–Crippen MR) is 99.4 cm³/mol. The van der Waals surface area contributed by atoms with Gasteiger partial charge in [0.1, 0.15) is 5.75 Å². The molecule has 2 aliphatic rings. The quantitative estimate of drug-likeness (QED) is 0.833. The van der Waals surface area contributed by atoms with Gasteiger partial charge in [-0.2, -0.15) is 0 Å². The number of ether oxygens (including phenoxy) is 1. The van der Waals surface area contributed by atoms with Gasteiger partial charge in [0.2, 0.25) is 0 Å². The fraction of sp³-hybridized carbons (Fsp3) is 0.650. The molecule has 2 fully saturated rings. The Morgan fingerprint density at radius 1 is 1.27 bits per heavy atom. The maximum atomic E-state index is 12.9. The van der Waals surface area contributed by atoms with Gasteiger partial charge < -0.3 is 19.8 Å². The number of piperidine rings is 1. The lowest BCUT2D eigenvalue weighted by Gasteiger charge is -2.45. The third-order valence-corrected chi connectivity index (χ3v) is 5.68. The molecule has 0 aliphatic carbocycles. The van der Waals surface area contributed by atoms with Crippen LogP contribution in [0.4, 0.5) is 0 Å². The minimum Gasteiger partial charge on any atom is -0.508 e. The van der Waals surface area contributed by atoms with Crippen molar-refractivity contribution in [3.05, 3.63) is 29.3 Å². The number of amides is 1. The number of carbonyl (C=O) groups excluding carboxylic acids is 1. The fourth-order valence-corrected chi connectivity index (χ4v) is 4.16.